The minimum Gasteiger partial charge on any atom is -0.469 e. The minimum absolute atomic E-state index is 0.129. The Balaban J connectivity index is 2.01. The van der Waals surface area contributed by atoms with Gasteiger partial charge in [-0.2, -0.15) is 0 Å². The molecule has 0 bridgehead atoms. The van der Waals surface area contributed by atoms with Gasteiger partial charge in [-0.15, -0.1) is 0 Å². The Bertz CT molecular complexity index is 1060. The second kappa shape index (κ2) is 7.09. The molecule has 3 aromatic rings. The molecule has 2 heteroatoms. The van der Waals surface area contributed by atoms with E-state index in [0.717, 1.165) is 19.3 Å². The largest absolute Gasteiger partial charge is 0.469 e. The number of aryl methyl sites for hydroxylation is 2. The molecule has 0 saturated heterocycles. The summed E-state index contributed by atoms with van der Waals surface area (Å²) in [4.78, 5) is 12.1. The molecule has 0 aromatic heterocycles. The van der Waals surface area contributed by atoms with E-state index in [9.17, 15) is 4.79 Å². The highest BCUT2D eigenvalue weighted by Crippen LogP contribution is 2.55. The van der Waals surface area contributed by atoms with E-state index in [1.165, 1.54) is 51.3 Å². The smallest absolute Gasteiger partial charge is 0.305 e. The molecule has 144 valence electrons. The highest BCUT2D eigenvalue weighted by Gasteiger charge is 2.43. The summed E-state index contributed by atoms with van der Waals surface area (Å²) < 4.78 is 4.98. The molecular weight excluding hydrogens is 344 g/mol. The third-order valence-corrected chi connectivity index (χ3v) is 6.50. The van der Waals surface area contributed by atoms with Crippen molar-refractivity contribution in [3.8, 4) is 11.1 Å². The van der Waals surface area contributed by atoms with Crippen molar-refractivity contribution < 1.29 is 9.53 Å². The van der Waals surface area contributed by atoms with Gasteiger partial charge < -0.3 is 4.74 Å². The Kier molecular flexibility index (Phi) is 4.74. The van der Waals surface area contributed by atoms with Gasteiger partial charge in [-0.1, -0.05) is 49.7 Å². The average Bonchev–Trinajstić information content (AvgIpc) is 2.94. The van der Waals surface area contributed by atoms with E-state index in [0.29, 0.717) is 6.42 Å². The molecule has 0 heterocycles. The fourth-order valence-electron chi connectivity index (χ4n) is 4.95. The van der Waals surface area contributed by atoms with E-state index in [4.69, 9.17) is 4.74 Å². The molecule has 0 fully saturated rings. The molecule has 1 aliphatic rings. The summed E-state index contributed by atoms with van der Waals surface area (Å²) in [5.74, 6) is -0.130. The lowest BCUT2D eigenvalue weighted by molar-refractivity contribution is -0.141. The topological polar surface area (TPSA) is 26.3 Å². The maximum absolute atomic E-state index is 12.1. The maximum atomic E-state index is 12.1. The Morgan fingerprint density at radius 2 is 1.50 bits per heavy atom. The average molecular weight is 373 g/mol. The highest BCUT2D eigenvalue weighted by molar-refractivity contribution is 5.94. The molecule has 3 aromatic carbocycles. The molecule has 0 aliphatic heterocycles. The van der Waals surface area contributed by atoms with Crippen LogP contribution in [0.25, 0.3) is 21.9 Å². The summed E-state index contributed by atoms with van der Waals surface area (Å²) in [7, 11) is 1.48. The number of ether oxygens (including phenoxy) is 1. The van der Waals surface area contributed by atoms with E-state index >= 15 is 0 Å². The molecule has 1 aliphatic carbocycles. The van der Waals surface area contributed by atoms with E-state index in [1.807, 2.05) is 0 Å². The first kappa shape index (κ1) is 18.7. The van der Waals surface area contributed by atoms with Crippen molar-refractivity contribution in [1.82, 2.24) is 0 Å². The molecule has 0 saturated carbocycles. The van der Waals surface area contributed by atoms with Gasteiger partial charge in [-0.25, -0.2) is 0 Å². The van der Waals surface area contributed by atoms with Crippen LogP contribution in [0, 0.1) is 13.8 Å². The summed E-state index contributed by atoms with van der Waals surface area (Å²) in [5.41, 5.74) is 7.92. The summed E-state index contributed by atoms with van der Waals surface area (Å²) in [5, 5.41) is 2.53. The van der Waals surface area contributed by atoms with Gasteiger partial charge in [0, 0.05) is 11.8 Å². The molecule has 1 atom stereocenters. The molecule has 2 nitrogen and oxygen atoms in total. The number of carbonyl (C=O) groups is 1. The van der Waals surface area contributed by atoms with Gasteiger partial charge in [0.25, 0.3) is 0 Å². The second-order valence-electron chi connectivity index (χ2n) is 8.14. The lowest BCUT2D eigenvalue weighted by Crippen LogP contribution is -2.26. The summed E-state index contributed by atoms with van der Waals surface area (Å²) in [6, 6.07) is 18.0. The molecule has 1 unspecified atom stereocenters. The quantitative estimate of drug-likeness (QED) is 0.479. The van der Waals surface area contributed by atoms with Crippen molar-refractivity contribution in [1.29, 1.82) is 0 Å². The summed E-state index contributed by atoms with van der Waals surface area (Å²) >= 11 is 0. The van der Waals surface area contributed by atoms with Crippen molar-refractivity contribution >= 4 is 16.7 Å². The first-order valence-electron chi connectivity index (χ1n) is 10.2. The van der Waals surface area contributed by atoms with Crippen molar-refractivity contribution in [3.05, 3.63) is 70.8 Å². The van der Waals surface area contributed by atoms with Crippen LogP contribution >= 0.6 is 0 Å². The zero-order chi connectivity index (χ0) is 19.9. The van der Waals surface area contributed by atoms with E-state index in [1.54, 1.807) is 0 Å². The van der Waals surface area contributed by atoms with Gasteiger partial charge >= 0.3 is 5.97 Å². The van der Waals surface area contributed by atoms with Gasteiger partial charge in [0.2, 0.25) is 0 Å². The van der Waals surface area contributed by atoms with Crippen LogP contribution in [0.15, 0.2) is 48.5 Å². The SMILES string of the molecule is CCCC1(CCC(=O)OC)c2cc(C)c(C)cc2-c2cc3ccccc3cc21. The third-order valence-electron chi connectivity index (χ3n) is 6.50. The van der Waals surface area contributed by atoms with Crippen LogP contribution in [0.3, 0.4) is 0 Å². The first-order valence-corrected chi connectivity index (χ1v) is 10.2. The second-order valence-corrected chi connectivity index (χ2v) is 8.14. The van der Waals surface area contributed by atoms with Crippen molar-refractivity contribution in [3.63, 3.8) is 0 Å². The van der Waals surface area contributed by atoms with Crippen molar-refractivity contribution in [2.24, 2.45) is 0 Å². The lowest BCUT2D eigenvalue weighted by Gasteiger charge is -2.32. The molecule has 0 amide bonds. The number of carbonyl (C=O) groups excluding carboxylic acids is 1. The van der Waals surface area contributed by atoms with Crippen LogP contribution in [0.5, 0.6) is 0 Å². The maximum Gasteiger partial charge on any atom is 0.305 e. The van der Waals surface area contributed by atoms with Gasteiger partial charge in [0.05, 0.1) is 7.11 Å². The van der Waals surface area contributed by atoms with Gasteiger partial charge in [0.15, 0.2) is 0 Å². The normalized spacial score (nSPS) is 17.4. The van der Waals surface area contributed by atoms with Gasteiger partial charge in [0.1, 0.15) is 0 Å². The Morgan fingerprint density at radius 1 is 0.893 bits per heavy atom. The van der Waals surface area contributed by atoms with E-state index < -0.39 is 0 Å². The molecule has 28 heavy (non-hydrogen) atoms. The number of benzene rings is 3. The molecule has 0 N–H and O–H groups in total. The number of methoxy groups -OCH3 is 1. The zero-order valence-corrected chi connectivity index (χ0v) is 17.3. The van der Waals surface area contributed by atoms with E-state index in [2.05, 4.69) is 69.3 Å². The predicted molar refractivity (Wildman–Crippen MR) is 116 cm³/mol. The van der Waals surface area contributed by atoms with Gasteiger partial charge in [-0.05, 0) is 83.0 Å². The fraction of sp³-hybridized carbons (Fsp3) is 0.346. The number of fused-ring (bicyclic) bond motifs is 4. The summed E-state index contributed by atoms with van der Waals surface area (Å²) in [6.45, 7) is 6.61. The van der Waals surface area contributed by atoms with Crippen molar-refractivity contribution in [2.75, 3.05) is 7.11 Å². The Morgan fingerprint density at radius 3 is 2.18 bits per heavy atom. The third kappa shape index (κ3) is 2.83. The monoisotopic (exact) mass is 372 g/mol. The number of hydrogen-bond acceptors (Lipinski definition) is 2. The van der Waals surface area contributed by atoms with Crippen LogP contribution in [0.1, 0.15) is 54.9 Å². The van der Waals surface area contributed by atoms with Crippen LogP contribution in [-0.2, 0) is 14.9 Å². The minimum atomic E-state index is -0.130. The van der Waals surface area contributed by atoms with Crippen LogP contribution in [0.4, 0.5) is 0 Å². The number of hydrogen-bond donors (Lipinski definition) is 0. The molecule has 0 spiro atoms. The zero-order valence-electron chi connectivity index (χ0n) is 17.3. The van der Waals surface area contributed by atoms with Crippen molar-refractivity contribution in [2.45, 2.75) is 51.9 Å². The van der Waals surface area contributed by atoms with Gasteiger partial charge in [-0.3, -0.25) is 4.79 Å². The first-order chi connectivity index (χ1) is 13.5. The predicted octanol–water partition coefficient (Wildman–Crippen LogP) is 6.48. The number of rotatable bonds is 5. The summed E-state index contributed by atoms with van der Waals surface area (Å²) in [6.07, 6.45) is 3.33. The molecule has 4 rings (SSSR count). The Labute approximate surface area is 167 Å². The number of esters is 1. The lowest BCUT2D eigenvalue weighted by atomic mass is 9.71. The standard InChI is InChI=1S/C26H28O2/c1-5-11-26(12-10-25(27)28-4)23-14-18(3)17(2)13-21(23)22-15-19-8-6-7-9-20(19)16-24(22)26/h6-9,13-16H,5,10-12H2,1-4H3. The fourth-order valence-corrected chi connectivity index (χ4v) is 4.95. The van der Waals surface area contributed by atoms with Crippen LogP contribution in [0.2, 0.25) is 0 Å². The van der Waals surface area contributed by atoms with Crippen LogP contribution < -0.4 is 0 Å². The van der Waals surface area contributed by atoms with Crippen LogP contribution in [-0.4, -0.2) is 13.1 Å². The molecular formula is C26H28O2. The molecule has 0 radical (unpaired) electrons. The highest BCUT2D eigenvalue weighted by atomic mass is 16.5. The van der Waals surface area contributed by atoms with E-state index in [-0.39, 0.29) is 11.4 Å². The Hall–Kier alpha value is -2.61.